The molecule has 1 heterocycles. The van der Waals surface area contributed by atoms with Crippen LogP contribution in [-0.2, 0) is 6.42 Å². The topological polar surface area (TPSA) is 23.5 Å². The number of thiophene rings is 1. The van der Waals surface area contributed by atoms with Crippen molar-refractivity contribution in [3.8, 4) is 0 Å². The number of nitrogens with zero attached hydrogens (tertiary/aromatic N) is 1. The van der Waals surface area contributed by atoms with Crippen molar-refractivity contribution < 1.29 is 5.11 Å². The Morgan fingerprint density at radius 3 is 2.79 bits per heavy atom. The van der Waals surface area contributed by atoms with Crippen molar-refractivity contribution >= 4 is 11.3 Å². The van der Waals surface area contributed by atoms with E-state index in [1.807, 2.05) is 11.3 Å². The molecule has 0 radical (unpaired) electrons. The predicted molar refractivity (Wildman–Crippen MR) is 82.6 cm³/mol. The van der Waals surface area contributed by atoms with Crippen LogP contribution in [0.25, 0.3) is 0 Å². The second-order valence-electron chi connectivity index (χ2n) is 6.38. The van der Waals surface area contributed by atoms with Gasteiger partial charge in [0.05, 0.1) is 6.10 Å². The monoisotopic (exact) mass is 281 g/mol. The molecular formula is C16H27NOS. The highest BCUT2D eigenvalue weighted by atomic mass is 32.1. The first-order valence-corrected chi connectivity index (χ1v) is 8.33. The predicted octanol–water partition coefficient (Wildman–Crippen LogP) is 3.27. The molecule has 1 aliphatic carbocycles. The molecule has 2 nitrogen and oxygen atoms in total. The Labute approximate surface area is 121 Å². The highest BCUT2D eigenvalue weighted by Crippen LogP contribution is 2.34. The molecule has 1 aromatic heterocycles. The fourth-order valence-corrected chi connectivity index (χ4v) is 4.08. The largest absolute Gasteiger partial charge is 0.393 e. The lowest BCUT2D eigenvalue weighted by atomic mass is 9.73. The van der Waals surface area contributed by atoms with Crippen LogP contribution in [0, 0.1) is 17.8 Å². The Bertz CT molecular complexity index is 353. The standard InChI is InChI=1S/C16H27NOS/c1-12-9-13(2)15(16(18)10-12)11-17(3)7-6-14-5-4-8-19-14/h4-5,8,12-13,15-16,18H,6-7,9-11H2,1-3H3. The van der Waals surface area contributed by atoms with Crippen molar-refractivity contribution in [2.75, 3.05) is 20.1 Å². The summed E-state index contributed by atoms with van der Waals surface area (Å²) in [6, 6.07) is 4.33. The highest BCUT2D eigenvalue weighted by molar-refractivity contribution is 7.09. The van der Waals surface area contributed by atoms with Crippen molar-refractivity contribution in [1.82, 2.24) is 4.90 Å². The van der Waals surface area contributed by atoms with E-state index in [1.165, 1.54) is 11.3 Å². The van der Waals surface area contributed by atoms with Crippen LogP contribution in [0.2, 0.25) is 0 Å². The van der Waals surface area contributed by atoms with Crippen LogP contribution in [-0.4, -0.2) is 36.2 Å². The average molecular weight is 281 g/mol. The van der Waals surface area contributed by atoms with Crippen LogP contribution in [0.15, 0.2) is 17.5 Å². The number of aliphatic hydroxyl groups excluding tert-OH is 1. The Hall–Kier alpha value is -0.380. The summed E-state index contributed by atoms with van der Waals surface area (Å²) >= 11 is 1.84. The summed E-state index contributed by atoms with van der Waals surface area (Å²) in [5.41, 5.74) is 0. The number of hydrogen-bond donors (Lipinski definition) is 1. The first-order chi connectivity index (χ1) is 9.06. The fourth-order valence-electron chi connectivity index (χ4n) is 3.38. The van der Waals surface area contributed by atoms with E-state index in [2.05, 4.69) is 43.3 Å². The summed E-state index contributed by atoms with van der Waals surface area (Å²) in [6.07, 6.45) is 3.26. The molecule has 0 spiro atoms. The second-order valence-corrected chi connectivity index (χ2v) is 7.41. The third-order valence-electron chi connectivity index (χ3n) is 4.49. The van der Waals surface area contributed by atoms with Crippen molar-refractivity contribution in [2.45, 2.75) is 39.2 Å². The van der Waals surface area contributed by atoms with Gasteiger partial charge >= 0.3 is 0 Å². The van der Waals surface area contributed by atoms with E-state index in [9.17, 15) is 5.11 Å². The van der Waals surface area contributed by atoms with Gasteiger partial charge in [-0.1, -0.05) is 19.9 Å². The molecule has 4 unspecified atom stereocenters. The van der Waals surface area contributed by atoms with E-state index in [-0.39, 0.29) is 6.10 Å². The van der Waals surface area contributed by atoms with Crippen LogP contribution >= 0.6 is 11.3 Å². The van der Waals surface area contributed by atoms with Gasteiger partial charge in [-0.2, -0.15) is 0 Å². The van der Waals surface area contributed by atoms with Crippen LogP contribution in [0.3, 0.4) is 0 Å². The average Bonchev–Trinajstić information content (AvgIpc) is 2.84. The number of likely N-dealkylation sites (N-methyl/N-ethyl adjacent to an activating group) is 1. The van der Waals surface area contributed by atoms with Crippen molar-refractivity contribution in [3.05, 3.63) is 22.4 Å². The quantitative estimate of drug-likeness (QED) is 0.895. The van der Waals surface area contributed by atoms with Crippen LogP contribution < -0.4 is 0 Å². The molecule has 0 aromatic carbocycles. The Balaban J connectivity index is 1.79. The van der Waals surface area contributed by atoms with Crippen LogP contribution in [0.5, 0.6) is 0 Å². The summed E-state index contributed by atoms with van der Waals surface area (Å²) in [7, 11) is 2.19. The third kappa shape index (κ3) is 4.30. The molecule has 3 heteroatoms. The molecule has 108 valence electrons. The minimum atomic E-state index is -0.108. The van der Waals surface area contributed by atoms with Gasteiger partial charge in [-0.3, -0.25) is 0 Å². The third-order valence-corrected chi connectivity index (χ3v) is 5.42. The van der Waals surface area contributed by atoms with E-state index in [0.717, 1.165) is 25.9 Å². The molecule has 0 aliphatic heterocycles. The molecule has 0 saturated heterocycles. The maximum absolute atomic E-state index is 10.3. The molecule has 1 aliphatic rings. The zero-order chi connectivity index (χ0) is 13.8. The number of hydrogen-bond acceptors (Lipinski definition) is 3. The zero-order valence-electron chi connectivity index (χ0n) is 12.4. The molecule has 1 fully saturated rings. The van der Waals surface area contributed by atoms with Crippen molar-refractivity contribution in [1.29, 1.82) is 0 Å². The molecule has 1 aromatic rings. The van der Waals surface area contributed by atoms with Gasteiger partial charge < -0.3 is 10.0 Å². The fraction of sp³-hybridized carbons (Fsp3) is 0.750. The molecule has 0 amide bonds. The van der Waals surface area contributed by atoms with Gasteiger partial charge in [0.25, 0.3) is 0 Å². The molecule has 1 N–H and O–H groups in total. The van der Waals surface area contributed by atoms with Crippen molar-refractivity contribution in [3.63, 3.8) is 0 Å². The first-order valence-electron chi connectivity index (χ1n) is 7.45. The van der Waals surface area contributed by atoms with Crippen LogP contribution in [0.1, 0.15) is 31.6 Å². The highest BCUT2D eigenvalue weighted by Gasteiger charge is 2.33. The Kier molecular flexibility index (Phi) is 5.43. The molecule has 1 saturated carbocycles. The number of rotatable bonds is 5. The number of aliphatic hydroxyl groups is 1. The van der Waals surface area contributed by atoms with E-state index >= 15 is 0 Å². The summed E-state index contributed by atoms with van der Waals surface area (Å²) in [4.78, 5) is 3.85. The van der Waals surface area contributed by atoms with Gasteiger partial charge in [0.15, 0.2) is 0 Å². The smallest absolute Gasteiger partial charge is 0.0585 e. The van der Waals surface area contributed by atoms with E-state index < -0.39 is 0 Å². The summed E-state index contributed by atoms with van der Waals surface area (Å²) in [5, 5.41) is 12.4. The van der Waals surface area contributed by atoms with E-state index in [1.54, 1.807) is 0 Å². The Morgan fingerprint density at radius 1 is 1.37 bits per heavy atom. The van der Waals surface area contributed by atoms with Gasteiger partial charge in [-0.05, 0) is 49.6 Å². The molecule has 19 heavy (non-hydrogen) atoms. The summed E-state index contributed by atoms with van der Waals surface area (Å²) in [6.45, 7) is 6.68. The summed E-state index contributed by atoms with van der Waals surface area (Å²) < 4.78 is 0. The maximum Gasteiger partial charge on any atom is 0.0585 e. The summed E-state index contributed by atoms with van der Waals surface area (Å²) in [5.74, 6) is 1.77. The SMILES string of the molecule is CC1CC(C)C(CN(C)CCc2cccs2)C(O)C1. The van der Waals surface area contributed by atoms with Crippen molar-refractivity contribution in [2.24, 2.45) is 17.8 Å². The normalized spacial score (nSPS) is 31.8. The van der Waals surface area contributed by atoms with Gasteiger partial charge in [0, 0.05) is 23.9 Å². The minimum absolute atomic E-state index is 0.108. The van der Waals surface area contributed by atoms with Gasteiger partial charge in [-0.15, -0.1) is 11.3 Å². The zero-order valence-corrected chi connectivity index (χ0v) is 13.2. The minimum Gasteiger partial charge on any atom is -0.393 e. The van der Waals surface area contributed by atoms with Crippen LogP contribution in [0.4, 0.5) is 0 Å². The van der Waals surface area contributed by atoms with E-state index in [0.29, 0.717) is 17.8 Å². The van der Waals surface area contributed by atoms with Gasteiger partial charge in [0.2, 0.25) is 0 Å². The maximum atomic E-state index is 10.3. The lowest BCUT2D eigenvalue weighted by Crippen LogP contribution is -2.41. The lowest BCUT2D eigenvalue weighted by Gasteiger charge is -2.39. The lowest BCUT2D eigenvalue weighted by molar-refractivity contribution is 0.00180. The van der Waals surface area contributed by atoms with Gasteiger partial charge in [-0.25, -0.2) is 0 Å². The molecule has 2 rings (SSSR count). The van der Waals surface area contributed by atoms with Gasteiger partial charge in [0.1, 0.15) is 0 Å². The molecular weight excluding hydrogens is 254 g/mol. The molecule has 0 bridgehead atoms. The molecule has 4 atom stereocenters. The second kappa shape index (κ2) is 6.87. The van der Waals surface area contributed by atoms with E-state index in [4.69, 9.17) is 0 Å². The first kappa shape index (κ1) is 15.0. The Morgan fingerprint density at radius 2 is 2.16 bits per heavy atom.